The van der Waals surface area contributed by atoms with Crippen LogP contribution in [0.1, 0.15) is 26.7 Å². The van der Waals surface area contributed by atoms with Crippen LogP contribution >= 0.6 is 0 Å². The second kappa shape index (κ2) is 6.39. The summed E-state index contributed by atoms with van der Waals surface area (Å²) in [5.74, 6) is 0.0492. The van der Waals surface area contributed by atoms with Crippen LogP contribution in [0.2, 0.25) is 0 Å². The number of rotatable bonds is 7. The fraction of sp³-hybridized carbons (Fsp3) is 0.667. The van der Waals surface area contributed by atoms with Gasteiger partial charge in [-0.25, -0.2) is 4.98 Å². The highest BCUT2D eigenvalue weighted by Gasteiger charge is 2.28. The van der Waals surface area contributed by atoms with Gasteiger partial charge in [0.15, 0.2) is 0 Å². The van der Waals surface area contributed by atoms with Gasteiger partial charge in [0.2, 0.25) is 5.91 Å². The Morgan fingerprint density at radius 1 is 1.59 bits per heavy atom. The summed E-state index contributed by atoms with van der Waals surface area (Å²) < 4.78 is 1.99. The lowest BCUT2D eigenvalue weighted by atomic mass is 9.87. The largest absolute Gasteiger partial charge is 0.356 e. The molecular weight excluding hydrogens is 216 g/mol. The molecule has 0 aliphatic rings. The molecule has 0 fully saturated rings. The van der Waals surface area contributed by atoms with Crippen LogP contribution in [0.3, 0.4) is 0 Å². The van der Waals surface area contributed by atoms with Gasteiger partial charge in [-0.05, 0) is 19.8 Å². The van der Waals surface area contributed by atoms with Crippen LogP contribution in [-0.2, 0) is 11.3 Å². The molecule has 0 aliphatic carbocycles. The maximum absolute atomic E-state index is 11.9. The predicted molar refractivity (Wildman–Crippen MR) is 67.3 cm³/mol. The summed E-state index contributed by atoms with van der Waals surface area (Å²) in [7, 11) is 0. The van der Waals surface area contributed by atoms with Gasteiger partial charge in [0.25, 0.3) is 0 Å². The molecule has 0 bridgehead atoms. The number of aryl methyl sites for hydroxylation is 1. The van der Waals surface area contributed by atoms with E-state index in [9.17, 15) is 4.79 Å². The van der Waals surface area contributed by atoms with E-state index in [0.717, 1.165) is 19.4 Å². The lowest BCUT2D eigenvalue weighted by molar-refractivity contribution is -0.129. The van der Waals surface area contributed by atoms with Crippen LogP contribution in [0.5, 0.6) is 0 Å². The molecule has 1 unspecified atom stereocenters. The third kappa shape index (κ3) is 3.85. The Hall–Kier alpha value is -1.36. The number of imidazole rings is 1. The number of hydrogen-bond acceptors (Lipinski definition) is 3. The first-order chi connectivity index (χ1) is 8.12. The third-order valence-electron chi connectivity index (χ3n) is 3.22. The average molecular weight is 238 g/mol. The third-order valence-corrected chi connectivity index (χ3v) is 3.22. The number of carbonyl (C=O) groups excluding carboxylic acids is 1. The van der Waals surface area contributed by atoms with Crippen molar-refractivity contribution in [2.45, 2.75) is 33.2 Å². The molecule has 0 radical (unpaired) electrons. The topological polar surface area (TPSA) is 72.9 Å². The highest BCUT2D eigenvalue weighted by Crippen LogP contribution is 2.18. The van der Waals surface area contributed by atoms with Crippen LogP contribution in [0.4, 0.5) is 0 Å². The SMILES string of the molecule is CCC(C)(CN)C(=O)NCCCn1ccnc1. The molecule has 1 atom stereocenters. The second-order valence-corrected chi connectivity index (χ2v) is 4.53. The maximum Gasteiger partial charge on any atom is 0.227 e. The molecule has 0 saturated heterocycles. The van der Waals surface area contributed by atoms with Gasteiger partial charge in [0.1, 0.15) is 0 Å². The van der Waals surface area contributed by atoms with Gasteiger partial charge in [-0.2, -0.15) is 0 Å². The molecule has 0 saturated carbocycles. The number of aromatic nitrogens is 2. The fourth-order valence-electron chi connectivity index (χ4n) is 1.49. The summed E-state index contributed by atoms with van der Waals surface area (Å²) in [6.45, 7) is 5.81. The van der Waals surface area contributed by atoms with Crippen LogP contribution in [0.25, 0.3) is 0 Å². The quantitative estimate of drug-likeness (QED) is 0.689. The van der Waals surface area contributed by atoms with Crippen molar-refractivity contribution in [3.63, 3.8) is 0 Å². The van der Waals surface area contributed by atoms with E-state index in [0.29, 0.717) is 13.1 Å². The Labute approximate surface area is 102 Å². The monoisotopic (exact) mass is 238 g/mol. The van der Waals surface area contributed by atoms with Gasteiger partial charge in [-0.1, -0.05) is 6.92 Å². The van der Waals surface area contributed by atoms with Crippen LogP contribution < -0.4 is 11.1 Å². The summed E-state index contributed by atoms with van der Waals surface area (Å²) in [5, 5.41) is 2.93. The van der Waals surface area contributed by atoms with Crippen molar-refractivity contribution in [1.82, 2.24) is 14.9 Å². The van der Waals surface area contributed by atoms with Gasteiger partial charge in [-0.3, -0.25) is 4.79 Å². The van der Waals surface area contributed by atoms with Crippen molar-refractivity contribution in [2.24, 2.45) is 11.1 Å². The van der Waals surface area contributed by atoms with Crippen LogP contribution in [-0.4, -0.2) is 28.5 Å². The smallest absolute Gasteiger partial charge is 0.227 e. The number of carbonyl (C=O) groups is 1. The number of hydrogen-bond donors (Lipinski definition) is 2. The van der Waals surface area contributed by atoms with Gasteiger partial charge < -0.3 is 15.6 Å². The molecule has 0 aliphatic heterocycles. The minimum Gasteiger partial charge on any atom is -0.356 e. The Kier molecular flexibility index (Phi) is 5.15. The number of nitrogens with zero attached hydrogens (tertiary/aromatic N) is 2. The Morgan fingerprint density at radius 3 is 2.88 bits per heavy atom. The molecule has 5 heteroatoms. The molecular formula is C12H22N4O. The lowest BCUT2D eigenvalue weighted by Gasteiger charge is -2.24. The van der Waals surface area contributed by atoms with E-state index < -0.39 is 5.41 Å². The highest BCUT2D eigenvalue weighted by molar-refractivity contribution is 5.82. The summed E-state index contributed by atoms with van der Waals surface area (Å²) in [6, 6.07) is 0. The zero-order chi connectivity index (χ0) is 12.7. The Bertz CT molecular complexity index is 330. The standard InChI is InChI=1S/C12H22N4O/c1-3-12(2,9-13)11(17)15-5-4-7-16-8-6-14-10-16/h6,8,10H,3-5,7,9,13H2,1-2H3,(H,15,17). The van der Waals surface area contributed by atoms with E-state index >= 15 is 0 Å². The second-order valence-electron chi connectivity index (χ2n) is 4.53. The average Bonchev–Trinajstić information content (AvgIpc) is 2.86. The molecule has 96 valence electrons. The van der Waals surface area contributed by atoms with E-state index in [1.54, 1.807) is 12.5 Å². The van der Waals surface area contributed by atoms with Gasteiger partial charge >= 0.3 is 0 Å². The summed E-state index contributed by atoms with van der Waals surface area (Å²) in [5.41, 5.74) is 5.19. The van der Waals surface area contributed by atoms with E-state index in [1.165, 1.54) is 0 Å². The number of nitrogens with one attached hydrogen (secondary N) is 1. The Balaban J connectivity index is 2.24. The first-order valence-electron chi connectivity index (χ1n) is 6.06. The van der Waals surface area contributed by atoms with E-state index in [-0.39, 0.29) is 5.91 Å². The van der Waals surface area contributed by atoms with Crippen molar-refractivity contribution < 1.29 is 4.79 Å². The normalized spacial score (nSPS) is 14.3. The maximum atomic E-state index is 11.9. The van der Waals surface area contributed by atoms with Crippen molar-refractivity contribution >= 4 is 5.91 Å². The van der Waals surface area contributed by atoms with Crippen LogP contribution in [0.15, 0.2) is 18.7 Å². The zero-order valence-corrected chi connectivity index (χ0v) is 10.6. The molecule has 5 nitrogen and oxygen atoms in total. The number of nitrogens with two attached hydrogens (primary N) is 1. The first kappa shape index (κ1) is 13.7. The number of amides is 1. The van der Waals surface area contributed by atoms with E-state index in [4.69, 9.17) is 5.73 Å². The fourth-order valence-corrected chi connectivity index (χ4v) is 1.49. The molecule has 1 aromatic heterocycles. The molecule has 17 heavy (non-hydrogen) atoms. The van der Waals surface area contributed by atoms with Crippen molar-refractivity contribution in [3.05, 3.63) is 18.7 Å². The minimum atomic E-state index is -0.436. The molecule has 0 aromatic carbocycles. The predicted octanol–water partition coefficient (Wildman–Crippen LogP) is 0.764. The molecule has 1 aromatic rings. The molecule has 0 spiro atoms. The zero-order valence-electron chi connectivity index (χ0n) is 10.6. The molecule has 1 rings (SSSR count). The van der Waals surface area contributed by atoms with Crippen molar-refractivity contribution in [1.29, 1.82) is 0 Å². The van der Waals surface area contributed by atoms with Crippen molar-refractivity contribution in [2.75, 3.05) is 13.1 Å². The molecule has 1 amide bonds. The van der Waals surface area contributed by atoms with E-state index in [2.05, 4.69) is 10.3 Å². The van der Waals surface area contributed by atoms with Gasteiger partial charge in [0, 0.05) is 32.0 Å². The molecule has 3 N–H and O–H groups in total. The lowest BCUT2D eigenvalue weighted by Crippen LogP contribution is -2.43. The highest BCUT2D eigenvalue weighted by atomic mass is 16.2. The summed E-state index contributed by atoms with van der Waals surface area (Å²) in [4.78, 5) is 15.8. The molecule has 1 heterocycles. The van der Waals surface area contributed by atoms with Crippen molar-refractivity contribution in [3.8, 4) is 0 Å². The first-order valence-corrected chi connectivity index (χ1v) is 6.06. The van der Waals surface area contributed by atoms with E-state index in [1.807, 2.05) is 24.6 Å². The summed E-state index contributed by atoms with van der Waals surface area (Å²) >= 11 is 0. The minimum absolute atomic E-state index is 0.0492. The summed E-state index contributed by atoms with van der Waals surface area (Å²) in [6.07, 6.45) is 7.10. The van der Waals surface area contributed by atoms with Crippen LogP contribution in [0, 0.1) is 5.41 Å². The Morgan fingerprint density at radius 2 is 2.35 bits per heavy atom. The van der Waals surface area contributed by atoms with Gasteiger partial charge in [0.05, 0.1) is 11.7 Å². The van der Waals surface area contributed by atoms with Gasteiger partial charge in [-0.15, -0.1) is 0 Å².